The van der Waals surface area contributed by atoms with Gasteiger partial charge >= 0.3 is 0 Å². The van der Waals surface area contributed by atoms with E-state index in [0.29, 0.717) is 6.04 Å². The predicted molar refractivity (Wildman–Crippen MR) is 71.2 cm³/mol. The molecule has 0 aromatic carbocycles. The van der Waals surface area contributed by atoms with Gasteiger partial charge in [0, 0.05) is 11.5 Å². The van der Waals surface area contributed by atoms with Crippen LogP contribution in [0.5, 0.6) is 0 Å². The second-order valence-corrected chi connectivity index (χ2v) is 5.10. The van der Waals surface area contributed by atoms with Crippen molar-refractivity contribution in [2.75, 3.05) is 13.7 Å². The molecule has 0 aliphatic heterocycles. The van der Waals surface area contributed by atoms with Crippen LogP contribution in [-0.2, 0) is 4.74 Å². The summed E-state index contributed by atoms with van der Waals surface area (Å²) in [7, 11) is 2.02. The lowest BCUT2D eigenvalue weighted by Gasteiger charge is -2.26. The Morgan fingerprint density at radius 2 is 2.19 bits per heavy atom. The molecule has 1 N–H and O–H groups in total. The Bertz CT molecular complexity index is 292. The minimum Gasteiger partial charge on any atom is -0.377 e. The second kappa shape index (κ2) is 7.05. The van der Waals surface area contributed by atoms with Gasteiger partial charge in [-0.2, -0.15) is 0 Å². The molecule has 16 heavy (non-hydrogen) atoms. The molecule has 2 atom stereocenters. The Hall–Kier alpha value is -0.380. The van der Waals surface area contributed by atoms with E-state index < -0.39 is 0 Å². The average molecular weight is 241 g/mol. The molecule has 0 fully saturated rings. The molecular weight excluding hydrogens is 218 g/mol. The van der Waals surface area contributed by atoms with Crippen molar-refractivity contribution in [1.29, 1.82) is 0 Å². The number of ether oxygens (including phenoxy) is 1. The van der Waals surface area contributed by atoms with Crippen LogP contribution in [0.3, 0.4) is 0 Å². The van der Waals surface area contributed by atoms with E-state index in [2.05, 4.69) is 37.5 Å². The highest BCUT2D eigenvalue weighted by Gasteiger charge is 2.23. The van der Waals surface area contributed by atoms with Gasteiger partial charge in [-0.25, -0.2) is 0 Å². The van der Waals surface area contributed by atoms with Gasteiger partial charge in [-0.15, -0.1) is 11.3 Å². The summed E-state index contributed by atoms with van der Waals surface area (Å²) in [4.78, 5) is 1.39. The van der Waals surface area contributed by atoms with Gasteiger partial charge in [0.05, 0.1) is 12.1 Å². The molecule has 0 saturated carbocycles. The third-order valence-electron chi connectivity index (χ3n) is 2.87. The van der Waals surface area contributed by atoms with E-state index in [4.69, 9.17) is 4.74 Å². The first kappa shape index (κ1) is 13.7. The summed E-state index contributed by atoms with van der Waals surface area (Å²) in [5, 5.41) is 5.55. The molecule has 0 spiro atoms. The number of likely N-dealkylation sites (N-methyl/N-ethyl adjacent to an activating group) is 1. The maximum Gasteiger partial charge on any atom is 0.0769 e. The quantitative estimate of drug-likeness (QED) is 0.788. The molecule has 2 nitrogen and oxygen atoms in total. The third kappa shape index (κ3) is 3.30. The first-order chi connectivity index (χ1) is 7.74. The summed E-state index contributed by atoms with van der Waals surface area (Å²) < 4.78 is 5.86. The second-order valence-electron chi connectivity index (χ2n) is 3.98. The summed E-state index contributed by atoms with van der Waals surface area (Å²) in [6.45, 7) is 7.24. The molecule has 0 amide bonds. The van der Waals surface area contributed by atoms with Gasteiger partial charge in [-0.05, 0) is 44.3 Å². The topological polar surface area (TPSA) is 21.3 Å². The van der Waals surface area contributed by atoms with Gasteiger partial charge < -0.3 is 10.1 Å². The SMILES string of the molecule is CCCC(OCC)C(NC)c1ccsc1C. The highest BCUT2D eigenvalue weighted by atomic mass is 32.1. The first-order valence-electron chi connectivity index (χ1n) is 6.07. The maximum absolute atomic E-state index is 5.86. The highest BCUT2D eigenvalue weighted by Crippen LogP contribution is 2.28. The standard InChI is InChI=1S/C13H23NOS/c1-5-7-12(15-6-2)13(14-4)11-8-9-16-10(11)3/h8-9,12-14H,5-7H2,1-4H3. The van der Waals surface area contributed by atoms with Crippen LogP contribution in [0.2, 0.25) is 0 Å². The van der Waals surface area contributed by atoms with Crippen LogP contribution in [0.15, 0.2) is 11.4 Å². The monoisotopic (exact) mass is 241 g/mol. The van der Waals surface area contributed by atoms with Crippen molar-refractivity contribution in [1.82, 2.24) is 5.32 Å². The van der Waals surface area contributed by atoms with E-state index in [1.54, 1.807) is 11.3 Å². The Labute approximate surface area is 103 Å². The smallest absolute Gasteiger partial charge is 0.0769 e. The zero-order chi connectivity index (χ0) is 12.0. The molecule has 92 valence electrons. The van der Waals surface area contributed by atoms with Crippen LogP contribution >= 0.6 is 11.3 Å². The fraction of sp³-hybridized carbons (Fsp3) is 0.692. The first-order valence-corrected chi connectivity index (χ1v) is 6.95. The molecule has 1 rings (SSSR count). The molecule has 0 aliphatic rings. The zero-order valence-corrected chi connectivity index (χ0v) is 11.6. The molecule has 0 saturated heterocycles. The molecule has 2 unspecified atom stereocenters. The molecule has 3 heteroatoms. The van der Waals surface area contributed by atoms with Crippen molar-refractivity contribution < 1.29 is 4.74 Å². The van der Waals surface area contributed by atoms with Gasteiger partial charge in [-0.3, -0.25) is 0 Å². The number of hydrogen-bond donors (Lipinski definition) is 1. The molecule has 1 aromatic heterocycles. The van der Waals surface area contributed by atoms with Crippen LogP contribution in [-0.4, -0.2) is 19.8 Å². The normalized spacial score (nSPS) is 15.0. The number of nitrogens with one attached hydrogen (secondary N) is 1. The van der Waals surface area contributed by atoms with Gasteiger partial charge in [0.2, 0.25) is 0 Å². The molecular formula is C13H23NOS. The number of thiophene rings is 1. The van der Waals surface area contributed by atoms with Crippen molar-refractivity contribution in [3.63, 3.8) is 0 Å². The maximum atomic E-state index is 5.86. The van der Waals surface area contributed by atoms with Crippen molar-refractivity contribution in [2.45, 2.75) is 45.8 Å². The van der Waals surface area contributed by atoms with Crippen molar-refractivity contribution in [3.8, 4) is 0 Å². The number of rotatable bonds is 7. The molecule has 0 bridgehead atoms. The van der Waals surface area contributed by atoms with Gasteiger partial charge in [0.15, 0.2) is 0 Å². The van der Waals surface area contributed by atoms with Gasteiger partial charge in [0.1, 0.15) is 0 Å². The summed E-state index contributed by atoms with van der Waals surface area (Å²) in [5.41, 5.74) is 1.39. The Balaban J connectivity index is 2.81. The fourth-order valence-electron chi connectivity index (χ4n) is 2.10. The van der Waals surface area contributed by atoms with E-state index in [-0.39, 0.29) is 6.10 Å². The van der Waals surface area contributed by atoms with Crippen LogP contribution in [0.25, 0.3) is 0 Å². The zero-order valence-electron chi connectivity index (χ0n) is 10.7. The van der Waals surface area contributed by atoms with Crippen molar-refractivity contribution >= 4 is 11.3 Å². The van der Waals surface area contributed by atoms with E-state index in [0.717, 1.165) is 19.4 Å². The lowest BCUT2D eigenvalue weighted by Crippen LogP contribution is -2.31. The van der Waals surface area contributed by atoms with Crippen LogP contribution < -0.4 is 5.32 Å². The average Bonchev–Trinajstić information content (AvgIpc) is 2.67. The predicted octanol–water partition coefficient (Wildman–Crippen LogP) is 3.52. The number of hydrogen-bond acceptors (Lipinski definition) is 3. The lowest BCUT2D eigenvalue weighted by atomic mass is 9.99. The van der Waals surface area contributed by atoms with Crippen molar-refractivity contribution in [3.05, 3.63) is 21.9 Å². The lowest BCUT2D eigenvalue weighted by molar-refractivity contribution is 0.0295. The Kier molecular flexibility index (Phi) is 6.03. The molecule has 0 aliphatic carbocycles. The summed E-state index contributed by atoms with van der Waals surface area (Å²) >= 11 is 1.81. The fourth-order valence-corrected chi connectivity index (χ4v) is 2.85. The van der Waals surface area contributed by atoms with E-state index >= 15 is 0 Å². The molecule has 1 aromatic rings. The van der Waals surface area contributed by atoms with Crippen LogP contribution in [0.1, 0.15) is 43.2 Å². The Morgan fingerprint density at radius 1 is 1.44 bits per heavy atom. The minimum absolute atomic E-state index is 0.285. The Morgan fingerprint density at radius 3 is 2.62 bits per heavy atom. The van der Waals surface area contributed by atoms with E-state index in [1.807, 2.05) is 7.05 Å². The van der Waals surface area contributed by atoms with Gasteiger partial charge in [-0.1, -0.05) is 13.3 Å². The third-order valence-corrected chi connectivity index (χ3v) is 3.73. The van der Waals surface area contributed by atoms with Crippen LogP contribution in [0.4, 0.5) is 0 Å². The van der Waals surface area contributed by atoms with Crippen molar-refractivity contribution in [2.24, 2.45) is 0 Å². The van der Waals surface area contributed by atoms with E-state index in [1.165, 1.54) is 10.4 Å². The molecule has 0 radical (unpaired) electrons. The summed E-state index contributed by atoms with van der Waals surface area (Å²) in [6, 6.07) is 2.54. The summed E-state index contributed by atoms with van der Waals surface area (Å²) in [6.07, 6.45) is 2.55. The minimum atomic E-state index is 0.285. The molecule has 1 heterocycles. The number of aryl methyl sites for hydroxylation is 1. The largest absolute Gasteiger partial charge is 0.377 e. The van der Waals surface area contributed by atoms with Gasteiger partial charge in [0.25, 0.3) is 0 Å². The summed E-state index contributed by atoms with van der Waals surface area (Å²) in [5.74, 6) is 0. The van der Waals surface area contributed by atoms with E-state index in [9.17, 15) is 0 Å². The van der Waals surface area contributed by atoms with Crippen LogP contribution in [0, 0.1) is 6.92 Å². The highest BCUT2D eigenvalue weighted by molar-refractivity contribution is 7.10.